The maximum atomic E-state index is 11.7. The van der Waals surface area contributed by atoms with Crippen LogP contribution in [0.4, 0.5) is 5.69 Å². The molecule has 6 heteroatoms. The molecule has 1 N–H and O–H groups in total. The van der Waals surface area contributed by atoms with Gasteiger partial charge in [0.15, 0.2) is 6.61 Å². The van der Waals surface area contributed by atoms with Crippen molar-refractivity contribution in [3.63, 3.8) is 0 Å². The lowest BCUT2D eigenvalue weighted by Gasteiger charge is -2.08. The molecule has 116 valence electrons. The average Bonchev–Trinajstić information content (AvgIpc) is 3.01. The van der Waals surface area contributed by atoms with Gasteiger partial charge in [-0.3, -0.25) is 9.59 Å². The predicted octanol–water partition coefficient (Wildman–Crippen LogP) is 3.47. The van der Waals surface area contributed by atoms with Crippen LogP contribution in [0.1, 0.15) is 10.4 Å². The topological polar surface area (TPSA) is 55.4 Å². The maximum absolute atomic E-state index is 11.7. The van der Waals surface area contributed by atoms with Crippen LogP contribution >= 0.6 is 23.1 Å². The second-order valence-electron chi connectivity index (χ2n) is 4.60. The standard InChI is InChI=1S/C16H17NO3S2/c1-12-5-2-3-7-14(12)17-15(18)9-20-16(19)11-21-10-13-6-4-8-22-13/h2-8H,9-11H2,1H3,(H,17,18). The van der Waals surface area contributed by atoms with Crippen molar-refractivity contribution in [2.24, 2.45) is 0 Å². The highest BCUT2D eigenvalue weighted by molar-refractivity contribution is 7.99. The molecule has 2 rings (SSSR count). The summed E-state index contributed by atoms with van der Waals surface area (Å²) in [6.45, 7) is 1.65. The molecule has 0 bridgehead atoms. The lowest BCUT2D eigenvalue weighted by molar-refractivity contribution is -0.144. The molecule has 4 nitrogen and oxygen atoms in total. The highest BCUT2D eigenvalue weighted by atomic mass is 32.2. The van der Waals surface area contributed by atoms with Crippen LogP contribution in [0.5, 0.6) is 0 Å². The van der Waals surface area contributed by atoms with Crippen LogP contribution in [0.3, 0.4) is 0 Å². The van der Waals surface area contributed by atoms with Crippen molar-refractivity contribution in [3.05, 3.63) is 52.2 Å². The van der Waals surface area contributed by atoms with E-state index in [9.17, 15) is 9.59 Å². The number of thiophene rings is 1. The molecular formula is C16H17NO3S2. The number of carbonyl (C=O) groups excluding carboxylic acids is 2. The van der Waals surface area contributed by atoms with Gasteiger partial charge in [-0.05, 0) is 30.0 Å². The summed E-state index contributed by atoms with van der Waals surface area (Å²) >= 11 is 3.14. The molecule has 0 aliphatic carbocycles. The molecule has 0 saturated heterocycles. The van der Waals surface area contributed by atoms with Gasteiger partial charge in [0.25, 0.3) is 5.91 Å². The molecule has 0 aliphatic rings. The number of esters is 1. The first-order valence-electron chi connectivity index (χ1n) is 6.76. The molecule has 0 saturated carbocycles. The third kappa shape index (κ3) is 5.54. The maximum Gasteiger partial charge on any atom is 0.316 e. The number of nitrogens with one attached hydrogen (secondary N) is 1. The van der Waals surface area contributed by atoms with Gasteiger partial charge < -0.3 is 10.1 Å². The van der Waals surface area contributed by atoms with E-state index in [-0.39, 0.29) is 24.2 Å². The molecule has 0 unspecified atom stereocenters. The Morgan fingerprint density at radius 3 is 2.77 bits per heavy atom. The van der Waals surface area contributed by atoms with E-state index in [1.54, 1.807) is 11.3 Å². The third-order valence-corrected chi connectivity index (χ3v) is 4.84. The summed E-state index contributed by atoms with van der Waals surface area (Å²) in [5, 5.41) is 4.73. The highest BCUT2D eigenvalue weighted by Crippen LogP contribution is 2.17. The minimum absolute atomic E-state index is 0.246. The Balaban J connectivity index is 1.65. The number of amides is 1. The second kappa shape index (κ2) is 8.60. The zero-order valence-electron chi connectivity index (χ0n) is 12.2. The van der Waals surface area contributed by atoms with Gasteiger partial charge >= 0.3 is 5.97 Å². The van der Waals surface area contributed by atoms with Gasteiger partial charge in [0.1, 0.15) is 0 Å². The minimum Gasteiger partial charge on any atom is -0.455 e. The van der Waals surface area contributed by atoms with E-state index in [0.717, 1.165) is 17.0 Å². The van der Waals surface area contributed by atoms with Crippen LogP contribution in [0.2, 0.25) is 0 Å². The van der Waals surface area contributed by atoms with Crippen molar-refractivity contribution in [1.29, 1.82) is 0 Å². The Labute approximate surface area is 137 Å². The Kier molecular flexibility index (Phi) is 6.48. The number of hydrogen-bond acceptors (Lipinski definition) is 5. The van der Waals surface area contributed by atoms with Gasteiger partial charge in [-0.1, -0.05) is 24.3 Å². The Bertz CT molecular complexity index is 626. The van der Waals surface area contributed by atoms with E-state index < -0.39 is 0 Å². The first-order chi connectivity index (χ1) is 10.6. The van der Waals surface area contributed by atoms with Crippen molar-refractivity contribution < 1.29 is 14.3 Å². The summed E-state index contributed by atoms with van der Waals surface area (Å²) in [4.78, 5) is 24.5. The van der Waals surface area contributed by atoms with Crippen molar-refractivity contribution in [2.45, 2.75) is 12.7 Å². The lowest BCUT2D eigenvalue weighted by Crippen LogP contribution is -2.22. The van der Waals surface area contributed by atoms with Gasteiger partial charge in [0.05, 0.1) is 5.75 Å². The number of ether oxygens (including phenoxy) is 1. The Morgan fingerprint density at radius 1 is 1.23 bits per heavy atom. The molecule has 1 amide bonds. The summed E-state index contributed by atoms with van der Waals surface area (Å²) in [5.41, 5.74) is 1.70. The van der Waals surface area contributed by atoms with E-state index in [1.807, 2.05) is 48.7 Å². The molecule has 0 radical (unpaired) electrons. The number of rotatable bonds is 7. The fourth-order valence-electron chi connectivity index (χ4n) is 1.72. The summed E-state index contributed by atoms with van der Waals surface area (Å²) in [6, 6.07) is 11.5. The van der Waals surface area contributed by atoms with Crippen molar-refractivity contribution in [1.82, 2.24) is 0 Å². The number of benzene rings is 1. The van der Waals surface area contributed by atoms with E-state index >= 15 is 0 Å². The largest absolute Gasteiger partial charge is 0.455 e. The number of aryl methyl sites for hydroxylation is 1. The van der Waals surface area contributed by atoms with Gasteiger partial charge in [0, 0.05) is 16.3 Å². The van der Waals surface area contributed by atoms with E-state index in [0.29, 0.717) is 0 Å². The smallest absolute Gasteiger partial charge is 0.316 e. The molecule has 0 aliphatic heterocycles. The van der Waals surface area contributed by atoms with Crippen LogP contribution in [0, 0.1) is 6.92 Å². The average molecular weight is 335 g/mol. The lowest BCUT2D eigenvalue weighted by atomic mass is 10.2. The van der Waals surface area contributed by atoms with Gasteiger partial charge in [-0.25, -0.2) is 0 Å². The molecule has 1 heterocycles. The molecule has 1 aromatic heterocycles. The molecular weight excluding hydrogens is 318 g/mol. The Hall–Kier alpha value is -1.79. The molecule has 22 heavy (non-hydrogen) atoms. The zero-order chi connectivity index (χ0) is 15.8. The quantitative estimate of drug-likeness (QED) is 0.787. The van der Waals surface area contributed by atoms with E-state index in [2.05, 4.69) is 5.32 Å². The monoisotopic (exact) mass is 335 g/mol. The summed E-state index contributed by atoms with van der Waals surface area (Å²) in [6.07, 6.45) is 0. The molecule has 0 atom stereocenters. The minimum atomic E-state index is -0.374. The Morgan fingerprint density at radius 2 is 2.05 bits per heavy atom. The van der Waals surface area contributed by atoms with Gasteiger partial charge in [-0.2, -0.15) is 0 Å². The molecule has 2 aromatic rings. The number of carbonyl (C=O) groups is 2. The fraction of sp³-hybridized carbons (Fsp3) is 0.250. The van der Waals surface area contributed by atoms with Crippen LogP contribution in [-0.2, 0) is 20.1 Å². The van der Waals surface area contributed by atoms with Crippen molar-refractivity contribution in [2.75, 3.05) is 17.7 Å². The van der Waals surface area contributed by atoms with Gasteiger partial charge in [-0.15, -0.1) is 23.1 Å². The summed E-state index contributed by atoms with van der Waals surface area (Å²) in [7, 11) is 0. The first kappa shape index (κ1) is 16.6. The van der Waals surface area contributed by atoms with Crippen LogP contribution in [0.25, 0.3) is 0 Å². The molecule has 0 fully saturated rings. The van der Waals surface area contributed by atoms with Crippen LogP contribution in [0.15, 0.2) is 41.8 Å². The van der Waals surface area contributed by atoms with Crippen LogP contribution < -0.4 is 5.32 Å². The third-order valence-electron chi connectivity index (χ3n) is 2.83. The van der Waals surface area contributed by atoms with Gasteiger partial charge in [0.2, 0.25) is 0 Å². The number of hydrogen-bond donors (Lipinski definition) is 1. The number of thioether (sulfide) groups is 1. The molecule has 0 spiro atoms. The molecule has 1 aromatic carbocycles. The zero-order valence-corrected chi connectivity index (χ0v) is 13.8. The van der Waals surface area contributed by atoms with E-state index in [1.165, 1.54) is 16.6 Å². The second-order valence-corrected chi connectivity index (χ2v) is 6.61. The first-order valence-corrected chi connectivity index (χ1v) is 8.80. The SMILES string of the molecule is Cc1ccccc1NC(=O)COC(=O)CSCc1cccs1. The fourth-order valence-corrected chi connectivity index (χ4v) is 3.38. The predicted molar refractivity (Wildman–Crippen MR) is 91.2 cm³/mol. The normalized spacial score (nSPS) is 10.2. The van der Waals surface area contributed by atoms with E-state index in [4.69, 9.17) is 4.74 Å². The van der Waals surface area contributed by atoms with Crippen molar-refractivity contribution in [3.8, 4) is 0 Å². The van der Waals surface area contributed by atoms with Crippen LogP contribution in [-0.4, -0.2) is 24.2 Å². The van der Waals surface area contributed by atoms with Crippen molar-refractivity contribution >= 4 is 40.7 Å². The highest BCUT2D eigenvalue weighted by Gasteiger charge is 2.09. The summed E-state index contributed by atoms with van der Waals surface area (Å²) < 4.78 is 4.97. The number of anilines is 1. The number of para-hydroxylation sites is 1. The summed E-state index contributed by atoms with van der Waals surface area (Å²) in [5.74, 6) is 0.324.